The number of hydrogen-bond donors (Lipinski definition) is 1. The summed E-state index contributed by atoms with van der Waals surface area (Å²) in [5.74, 6) is 0.0336. The number of esters is 1. The van der Waals surface area contributed by atoms with E-state index >= 15 is 0 Å². The van der Waals surface area contributed by atoms with Gasteiger partial charge in [0.2, 0.25) is 0 Å². The number of carbonyl (C=O) groups is 1. The summed E-state index contributed by atoms with van der Waals surface area (Å²) in [6.07, 6.45) is 1.80. The Morgan fingerprint density at radius 3 is 2.57 bits per heavy atom. The van der Waals surface area contributed by atoms with Crippen LogP contribution in [0, 0.1) is 5.92 Å². The van der Waals surface area contributed by atoms with Crippen molar-refractivity contribution in [2.45, 2.75) is 25.8 Å². The van der Waals surface area contributed by atoms with Gasteiger partial charge in [0.1, 0.15) is 0 Å². The van der Waals surface area contributed by atoms with Crippen molar-refractivity contribution in [2.24, 2.45) is 11.7 Å². The zero-order valence-electron chi connectivity index (χ0n) is 9.03. The van der Waals surface area contributed by atoms with E-state index in [4.69, 9.17) is 10.5 Å². The average Bonchev–Trinajstić information content (AvgIpc) is 2.27. The van der Waals surface area contributed by atoms with Gasteiger partial charge in [-0.2, -0.15) is 0 Å². The van der Waals surface area contributed by atoms with E-state index in [2.05, 4.69) is 11.8 Å². The largest absolute Gasteiger partial charge is 0.469 e. The number of nitrogens with two attached hydrogens (primary N) is 1. The van der Waals surface area contributed by atoms with Crippen LogP contribution in [0.25, 0.3) is 0 Å². The molecular formula is C10H20N2O2. The number of rotatable bonds is 3. The molecule has 1 aliphatic heterocycles. The maximum Gasteiger partial charge on any atom is 0.308 e. The second-order valence-electron chi connectivity index (χ2n) is 3.92. The van der Waals surface area contributed by atoms with Crippen molar-refractivity contribution < 1.29 is 9.53 Å². The van der Waals surface area contributed by atoms with Crippen molar-refractivity contribution in [3.63, 3.8) is 0 Å². The first-order chi connectivity index (χ1) is 6.69. The number of carbonyl (C=O) groups excluding carboxylic acids is 1. The number of hydrogen-bond acceptors (Lipinski definition) is 4. The molecule has 0 bridgehead atoms. The SMILES string of the molecule is COC(=O)C1CCN(C(C)CN)CC1. The van der Waals surface area contributed by atoms with Crippen LogP contribution in [0.5, 0.6) is 0 Å². The number of ether oxygens (including phenoxy) is 1. The summed E-state index contributed by atoms with van der Waals surface area (Å²) in [7, 11) is 1.46. The molecule has 1 saturated heterocycles. The molecule has 0 amide bonds. The van der Waals surface area contributed by atoms with Crippen LogP contribution in [0.2, 0.25) is 0 Å². The fourth-order valence-electron chi connectivity index (χ4n) is 1.89. The van der Waals surface area contributed by atoms with Gasteiger partial charge >= 0.3 is 5.97 Å². The lowest BCUT2D eigenvalue weighted by Crippen LogP contribution is -2.44. The molecule has 14 heavy (non-hydrogen) atoms. The summed E-state index contributed by atoms with van der Waals surface area (Å²) in [6, 6.07) is 0.425. The topological polar surface area (TPSA) is 55.6 Å². The van der Waals surface area contributed by atoms with E-state index in [1.807, 2.05) is 0 Å². The van der Waals surface area contributed by atoms with Crippen LogP contribution in [0.1, 0.15) is 19.8 Å². The quantitative estimate of drug-likeness (QED) is 0.662. The molecule has 1 fully saturated rings. The zero-order chi connectivity index (χ0) is 10.6. The molecule has 4 nitrogen and oxygen atoms in total. The maximum absolute atomic E-state index is 11.2. The van der Waals surface area contributed by atoms with Gasteiger partial charge in [-0.1, -0.05) is 0 Å². The van der Waals surface area contributed by atoms with Crippen molar-refractivity contribution >= 4 is 5.97 Å². The van der Waals surface area contributed by atoms with Gasteiger partial charge in [-0.3, -0.25) is 9.69 Å². The van der Waals surface area contributed by atoms with Crippen LogP contribution in [-0.4, -0.2) is 43.7 Å². The number of nitrogens with zero attached hydrogens (tertiary/aromatic N) is 1. The third-order valence-electron chi connectivity index (χ3n) is 3.03. The molecule has 0 aromatic rings. The second kappa shape index (κ2) is 5.32. The van der Waals surface area contributed by atoms with Gasteiger partial charge in [-0.15, -0.1) is 0 Å². The van der Waals surface area contributed by atoms with Crippen LogP contribution >= 0.6 is 0 Å². The first-order valence-electron chi connectivity index (χ1n) is 5.21. The molecule has 1 aliphatic rings. The highest BCUT2D eigenvalue weighted by molar-refractivity contribution is 5.72. The molecule has 2 N–H and O–H groups in total. The van der Waals surface area contributed by atoms with E-state index in [0.717, 1.165) is 25.9 Å². The zero-order valence-corrected chi connectivity index (χ0v) is 9.03. The van der Waals surface area contributed by atoms with Crippen LogP contribution in [0.4, 0.5) is 0 Å². The molecule has 1 heterocycles. The molecule has 1 rings (SSSR count). The summed E-state index contributed by atoms with van der Waals surface area (Å²) in [6.45, 7) is 4.72. The predicted molar refractivity (Wildman–Crippen MR) is 54.8 cm³/mol. The number of methoxy groups -OCH3 is 1. The van der Waals surface area contributed by atoms with E-state index in [0.29, 0.717) is 12.6 Å². The van der Waals surface area contributed by atoms with Crippen LogP contribution in [-0.2, 0) is 9.53 Å². The van der Waals surface area contributed by atoms with Crippen molar-refractivity contribution in [3.05, 3.63) is 0 Å². The minimum Gasteiger partial charge on any atom is -0.469 e. The molecule has 82 valence electrons. The lowest BCUT2D eigenvalue weighted by atomic mass is 9.96. The van der Waals surface area contributed by atoms with Crippen LogP contribution in [0.15, 0.2) is 0 Å². The Bertz CT molecular complexity index is 189. The van der Waals surface area contributed by atoms with Gasteiger partial charge in [-0.05, 0) is 32.9 Å². The first-order valence-corrected chi connectivity index (χ1v) is 5.21. The Balaban J connectivity index is 2.34. The van der Waals surface area contributed by atoms with Gasteiger partial charge in [0.25, 0.3) is 0 Å². The average molecular weight is 200 g/mol. The highest BCUT2D eigenvalue weighted by Crippen LogP contribution is 2.19. The second-order valence-corrected chi connectivity index (χ2v) is 3.92. The Labute approximate surface area is 85.4 Å². The predicted octanol–water partition coefficient (Wildman–Crippen LogP) is 0.219. The summed E-state index contributed by atoms with van der Waals surface area (Å²) in [5.41, 5.74) is 5.59. The highest BCUT2D eigenvalue weighted by atomic mass is 16.5. The van der Waals surface area contributed by atoms with Crippen molar-refractivity contribution in [1.29, 1.82) is 0 Å². The normalized spacial score (nSPS) is 21.9. The van der Waals surface area contributed by atoms with E-state index in [1.165, 1.54) is 7.11 Å². The molecule has 0 aliphatic carbocycles. The Hall–Kier alpha value is -0.610. The molecule has 0 saturated carbocycles. The Morgan fingerprint density at radius 2 is 2.14 bits per heavy atom. The van der Waals surface area contributed by atoms with Crippen LogP contribution < -0.4 is 5.73 Å². The number of piperidine rings is 1. The van der Waals surface area contributed by atoms with Gasteiger partial charge in [0.05, 0.1) is 13.0 Å². The molecule has 0 aromatic heterocycles. The Morgan fingerprint density at radius 1 is 1.57 bits per heavy atom. The molecule has 1 unspecified atom stereocenters. The van der Waals surface area contributed by atoms with Gasteiger partial charge < -0.3 is 10.5 Å². The monoisotopic (exact) mass is 200 g/mol. The third-order valence-corrected chi connectivity index (χ3v) is 3.03. The summed E-state index contributed by atoms with van der Waals surface area (Å²) < 4.78 is 4.73. The lowest BCUT2D eigenvalue weighted by molar-refractivity contribution is -0.147. The highest BCUT2D eigenvalue weighted by Gasteiger charge is 2.26. The van der Waals surface area contributed by atoms with E-state index in [1.54, 1.807) is 0 Å². The molecule has 4 heteroatoms. The summed E-state index contributed by atoms with van der Waals surface area (Å²) in [5, 5.41) is 0. The minimum absolute atomic E-state index is 0.0648. The van der Waals surface area contributed by atoms with E-state index in [9.17, 15) is 4.79 Å². The van der Waals surface area contributed by atoms with Crippen molar-refractivity contribution in [3.8, 4) is 0 Å². The number of likely N-dealkylation sites (tertiary alicyclic amines) is 1. The van der Waals surface area contributed by atoms with Gasteiger partial charge in [0, 0.05) is 12.6 Å². The van der Waals surface area contributed by atoms with Gasteiger partial charge in [-0.25, -0.2) is 0 Å². The lowest BCUT2D eigenvalue weighted by Gasteiger charge is -2.34. The fourth-order valence-corrected chi connectivity index (χ4v) is 1.89. The summed E-state index contributed by atoms with van der Waals surface area (Å²) in [4.78, 5) is 13.6. The fraction of sp³-hybridized carbons (Fsp3) is 0.900. The summed E-state index contributed by atoms with van der Waals surface area (Å²) >= 11 is 0. The van der Waals surface area contributed by atoms with Crippen molar-refractivity contribution in [2.75, 3.05) is 26.7 Å². The Kier molecular flexibility index (Phi) is 4.35. The minimum atomic E-state index is -0.0648. The maximum atomic E-state index is 11.2. The van der Waals surface area contributed by atoms with Gasteiger partial charge in [0.15, 0.2) is 0 Å². The standard InChI is InChI=1S/C10H20N2O2/c1-8(7-11)12-5-3-9(4-6-12)10(13)14-2/h8-9H,3-7,11H2,1-2H3. The molecular weight excluding hydrogens is 180 g/mol. The third kappa shape index (κ3) is 2.69. The smallest absolute Gasteiger partial charge is 0.308 e. The van der Waals surface area contributed by atoms with Crippen molar-refractivity contribution in [1.82, 2.24) is 4.90 Å². The molecule has 0 spiro atoms. The van der Waals surface area contributed by atoms with Crippen LogP contribution in [0.3, 0.4) is 0 Å². The molecule has 0 radical (unpaired) electrons. The molecule has 0 aromatic carbocycles. The van der Waals surface area contributed by atoms with E-state index < -0.39 is 0 Å². The molecule has 1 atom stereocenters. The van der Waals surface area contributed by atoms with E-state index in [-0.39, 0.29) is 11.9 Å². The first kappa shape index (κ1) is 11.5.